The lowest BCUT2D eigenvalue weighted by Crippen LogP contribution is -2.43. The van der Waals surface area contributed by atoms with Crippen LogP contribution in [0.4, 0.5) is 4.39 Å². The highest BCUT2D eigenvalue weighted by atomic mass is 19.1. The molecule has 0 spiro atoms. The molecule has 0 saturated carbocycles. The monoisotopic (exact) mass is 302 g/mol. The van der Waals surface area contributed by atoms with Gasteiger partial charge < -0.3 is 9.42 Å². The van der Waals surface area contributed by atoms with E-state index in [2.05, 4.69) is 12.1 Å². The van der Waals surface area contributed by atoms with Crippen LogP contribution in [0.25, 0.3) is 11.3 Å². The van der Waals surface area contributed by atoms with Crippen LogP contribution in [0.5, 0.6) is 0 Å². The third kappa shape index (κ3) is 2.89. The van der Waals surface area contributed by atoms with E-state index in [1.807, 2.05) is 4.90 Å². The van der Waals surface area contributed by atoms with Gasteiger partial charge in [0.2, 0.25) is 0 Å². The molecule has 0 bridgehead atoms. The van der Waals surface area contributed by atoms with E-state index in [0.29, 0.717) is 17.0 Å². The van der Waals surface area contributed by atoms with Crippen LogP contribution in [-0.2, 0) is 0 Å². The van der Waals surface area contributed by atoms with E-state index in [9.17, 15) is 9.18 Å². The van der Waals surface area contributed by atoms with Gasteiger partial charge in [0, 0.05) is 24.2 Å². The summed E-state index contributed by atoms with van der Waals surface area (Å²) in [5, 5.41) is 3.90. The summed E-state index contributed by atoms with van der Waals surface area (Å²) in [4.78, 5) is 14.5. The largest absolute Gasteiger partial charge is 0.355 e. The van der Waals surface area contributed by atoms with Gasteiger partial charge in [-0.1, -0.05) is 12.1 Å². The van der Waals surface area contributed by atoms with Crippen LogP contribution in [0.3, 0.4) is 0 Å². The molecule has 3 rings (SSSR count). The van der Waals surface area contributed by atoms with Gasteiger partial charge in [-0.25, -0.2) is 4.39 Å². The van der Waals surface area contributed by atoms with Crippen molar-refractivity contribution in [3.05, 3.63) is 41.8 Å². The van der Waals surface area contributed by atoms with Crippen molar-refractivity contribution in [1.29, 1.82) is 0 Å². The predicted octanol–water partition coefficient (Wildman–Crippen LogP) is 3.89. The zero-order chi connectivity index (χ0) is 15.5. The van der Waals surface area contributed by atoms with Crippen LogP contribution < -0.4 is 0 Å². The minimum atomic E-state index is -0.307. The second-order valence-electron chi connectivity index (χ2n) is 5.64. The number of carbonyl (C=O) groups is 1. The van der Waals surface area contributed by atoms with Gasteiger partial charge in [0.05, 0.1) is 0 Å². The summed E-state index contributed by atoms with van der Waals surface area (Å²) in [5.74, 6) is 0.0933. The standard InChI is InChI=1S/C17H19FN2O2/c1-2-14-5-3-4-10-20(14)17(21)15-11-16(22-19-15)12-6-8-13(18)9-7-12/h6-9,11,14H,2-5,10H2,1H3/t14-/m1/s1. The second-order valence-corrected chi connectivity index (χ2v) is 5.64. The Hall–Kier alpha value is -2.17. The Kier molecular flexibility index (Phi) is 4.22. The molecule has 5 heteroatoms. The zero-order valence-electron chi connectivity index (χ0n) is 12.6. The Morgan fingerprint density at radius 2 is 2.14 bits per heavy atom. The Balaban J connectivity index is 1.80. The molecule has 0 aliphatic carbocycles. The van der Waals surface area contributed by atoms with Crippen LogP contribution in [0.1, 0.15) is 43.1 Å². The van der Waals surface area contributed by atoms with Crippen molar-refractivity contribution in [2.24, 2.45) is 0 Å². The molecule has 1 aliphatic heterocycles. The van der Waals surface area contributed by atoms with E-state index in [0.717, 1.165) is 25.8 Å². The Morgan fingerprint density at radius 3 is 2.86 bits per heavy atom. The van der Waals surface area contributed by atoms with Gasteiger partial charge in [-0.05, 0) is 49.9 Å². The van der Waals surface area contributed by atoms with Gasteiger partial charge in [0.1, 0.15) is 5.82 Å². The van der Waals surface area contributed by atoms with E-state index < -0.39 is 0 Å². The van der Waals surface area contributed by atoms with E-state index >= 15 is 0 Å². The quantitative estimate of drug-likeness (QED) is 0.864. The summed E-state index contributed by atoms with van der Waals surface area (Å²) in [5.41, 5.74) is 1.03. The van der Waals surface area contributed by atoms with Gasteiger partial charge in [0.15, 0.2) is 11.5 Å². The predicted molar refractivity (Wildman–Crippen MR) is 80.9 cm³/mol. The molecular weight excluding hydrogens is 283 g/mol. The third-order valence-electron chi connectivity index (χ3n) is 4.22. The molecule has 1 aromatic carbocycles. The van der Waals surface area contributed by atoms with Crippen LogP contribution in [0.2, 0.25) is 0 Å². The second kappa shape index (κ2) is 6.30. The molecular formula is C17H19FN2O2. The van der Waals surface area contributed by atoms with Gasteiger partial charge in [-0.3, -0.25) is 4.79 Å². The van der Waals surface area contributed by atoms with Gasteiger partial charge in [0.25, 0.3) is 5.91 Å². The minimum Gasteiger partial charge on any atom is -0.355 e. The van der Waals surface area contributed by atoms with E-state index in [1.54, 1.807) is 18.2 Å². The normalized spacial score (nSPS) is 18.5. The summed E-state index contributed by atoms with van der Waals surface area (Å²) in [6.07, 6.45) is 4.20. The highest BCUT2D eigenvalue weighted by molar-refractivity contribution is 5.93. The lowest BCUT2D eigenvalue weighted by atomic mass is 9.99. The summed E-state index contributed by atoms with van der Waals surface area (Å²) in [6, 6.07) is 7.86. The van der Waals surface area contributed by atoms with Crippen molar-refractivity contribution in [2.75, 3.05) is 6.54 Å². The van der Waals surface area contributed by atoms with Gasteiger partial charge in [-0.2, -0.15) is 0 Å². The number of likely N-dealkylation sites (tertiary alicyclic amines) is 1. The molecule has 0 radical (unpaired) electrons. The van der Waals surface area contributed by atoms with Gasteiger partial charge >= 0.3 is 0 Å². The van der Waals surface area contributed by atoms with E-state index in [-0.39, 0.29) is 17.8 Å². The van der Waals surface area contributed by atoms with Gasteiger partial charge in [-0.15, -0.1) is 0 Å². The number of halogens is 1. The molecule has 4 nitrogen and oxygen atoms in total. The topological polar surface area (TPSA) is 46.3 Å². The number of benzene rings is 1. The molecule has 2 aromatic rings. The van der Waals surface area contributed by atoms with Crippen LogP contribution in [0, 0.1) is 5.82 Å². The Bertz CT molecular complexity index is 651. The minimum absolute atomic E-state index is 0.0799. The average molecular weight is 302 g/mol. The van der Waals surface area contributed by atoms with Crippen LogP contribution in [0.15, 0.2) is 34.9 Å². The smallest absolute Gasteiger partial charge is 0.276 e. The molecule has 2 heterocycles. The number of amides is 1. The van der Waals surface area contributed by atoms with Crippen molar-refractivity contribution in [1.82, 2.24) is 10.1 Å². The maximum absolute atomic E-state index is 13.0. The summed E-state index contributed by atoms with van der Waals surface area (Å²) < 4.78 is 18.2. The Labute approximate surface area is 128 Å². The summed E-state index contributed by atoms with van der Waals surface area (Å²) in [6.45, 7) is 2.87. The number of hydrogen-bond donors (Lipinski definition) is 0. The molecule has 0 N–H and O–H groups in total. The lowest BCUT2D eigenvalue weighted by molar-refractivity contribution is 0.0597. The van der Waals surface area contributed by atoms with Crippen molar-refractivity contribution in [3.63, 3.8) is 0 Å². The molecule has 1 amide bonds. The molecule has 116 valence electrons. The number of carbonyl (C=O) groups excluding carboxylic acids is 1. The first-order chi connectivity index (χ1) is 10.7. The maximum Gasteiger partial charge on any atom is 0.276 e. The Morgan fingerprint density at radius 1 is 1.36 bits per heavy atom. The highest BCUT2D eigenvalue weighted by Gasteiger charge is 2.28. The molecule has 1 saturated heterocycles. The van der Waals surface area contributed by atoms with E-state index in [4.69, 9.17) is 4.52 Å². The van der Waals surface area contributed by atoms with Crippen molar-refractivity contribution >= 4 is 5.91 Å². The number of rotatable bonds is 3. The number of hydrogen-bond acceptors (Lipinski definition) is 3. The molecule has 22 heavy (non-hydrogen) atoms. The first-order valence-corrected chi connectivity index (χ1v) is 7.72. The highest BCUT2D eigenvalue weighted by Crippen LogP contribution is 2.24. The van der Waals surface area contributed by atoms with E-state index in [1.165, 1.54) is 18.6 Å². The zero-order valence-corrected chi connectivity index (χ0v) is 12.6. The molecule has 1 fully saturated rings. The third-order valence-corrected chi connectivity index (χ3v) is 4.22. The fourth-order valence-corrected chi connectivity index (χ4v) is 2.97. The van der Waals surface area contributed by atoms with Crippen LogP contribution >= 0.6 is 0 Å². The number of piperidine rings is 1. The lowest BCUT2D eigenvalue weighted by Gasteiger charge is -2.34. The molecule has 1 atom stereocenters. The number of nitrogens with zero attached hydrogens (tertiary/aromatic N) is 2. The number of aromatic nitrogens is 1. The first kappa shape index (κ1) is 14.8. The summed E-state index contributed by atoms with van der Waals surface area (Å²) >= 11 is 0. The molecule has 0 unspecified atom stereocenters. The van der Waals surface area contributed by atoms with Crippen molar-refractivity contribution in [3.8, 4) is 11.3 Å². The molecule has 1 aliphatic rings. The fraction of sp³-hybridized carbons (Fsp3) is 0.412. The molecule has 1 aromatic heterocycles. The average Bonchev–Trinajstić information content (AvgIpc) is 3.05. The first-order valence-electron chi connectivity index (χ1n) is 7.72. The SMILES string of the molecule is CC[C@@H]1CCCCN1C(=O)c1cc(-c2ccc(F)cc2)on1. The van der Waals surface area contributed by atoms with Crippen molar-refractivity contribution in [2.45, 2.75) is 38.6 Å². The maximum atomic E-state index is 13.0. The fourth-order valence-electron chi connectivity index (χ4n) is 2.97. The van der Waals surface area contributed by atoms with Crippen LogP contribution in [-0.4, -0.2) is 28.6 Å². The summed E-state index contributed by atoms with van der Waals surface area (Å²) in [7, 11) is 0. The van der Waals surface area contributed by atoms with Crippen molar-refractivity contribution < 1.29 is 13.7 Å².